The Labute approximate surface area is 145 Å². The molecule has 2 aromatic rings. The summed E-state index contributed by atoms with van der Waals surface area (Å²) in [4.78, 5) is 28.2. The van der Waals surface area contributed by atoms with Crippen molar-refractivity contribution in [1.29, 1.82) is 0 Å². The lowest BCUT2D eigenvalue weighted by Gasteiger charge is -2.21. The van der Waals surface area contributed by atoms with Crippen molar-refractivity contribution in [3.05, 3.63) is 41.7 Å². The van der Waals surface area contributed by atoms with Gasteiger partial charge in [0.15, 0.2) is 5.76 Å². The van der Waals surface area contributed by atoms with Gasteiger partial charge in [-0.15, -0.1) is 0 Å². The second kappa shape index (κ2) is 7.98. The summed E-state index contributed by atoms with van der Waals surface area (Å²) in [7, 11) is 0. The van der Waals surface area contributed by atoms with Crippen molar-refractivity contribution in [3.8, 4) is 0 Å². The van der Waals surface area contributed by atoms with E-state index in [4.69, 9.17) is 8.94 Å². The zero-order valence-corrected chi connectivity index (χ0v) is 14.2. The highest BCUT2D eigenvalue weighted by Crippen LogP contribution is 2.09. The summed E-state index contributed by atoms with van der Waals surface area (Å²) in [6.07, 6.45) is 2.31. The lowest BCUT2D eigenvalue weighted by atomic mass is 10.3. The quantitative estimate of drug-likeness (QED) is 0.870. The number of nitrogens with zero attached hydrogens (tertiary/aromatic N) is 3. The van der Waals surface area contributed by atoms with Gasteiger partial charge in [-0.25, -0.2) is 0 Å². The predicted octanol–water partition coefficient (Wildman–Crippen LogP) is 1.04. The third kappa shape index (κ3) is 4.69. The normalized spacial score (nSPS) is 15.8. The minimum absolute atomic E-state index is 0.0258. The Morgan fingerprint density at radius 1 is 1.28 bits per heavy atom. The summed E-state index contributed by atoms with van der Waals surface area (Å²) < 4.78 is 10.1. The third-order valence-electron chi connectivity index (χ3n) is 4.15. The number of nitrogens with one attached hydrogen (secondary N) is 1. The third-order valence-corrected chi connectivity index (χ3v) is 4.15. The molecular weight excluding hydrogens is 324 g/mol. The minimum Gasteiger partial charge on any atom is -0.459 e. The molecule has 25 heavy (non-hydrogen) atoms. The second-order valence-corrected chi connectivity index (χ2v) is 6.10. The number of carbonyl (C=O) groups is 2. The monoisotopic (exact) mass is 346 g/mol. The first-order chi connectivity index (χ1) is 12.1. The molecule has 0 unspecified atom stereocenters. The van der Waals surface area contributed by atoms with Crippen molar-refractivity contribution >= 4 is 11.8 Å². The van der Waals surface area contributed by atoms with Crippen molar-refractivity contribution in [2.45, 2.75) is 19.9 Å². The van der Waals surface area contributed by atoms with Gasteiger partial charge in [0, 0.05) is 38.8 Å². The Hall–Kier alpha value is -2.61. The molecule has 0 spiro atoms. The topological polar surface area (TPSA) is 91.8 Å². The molecule has 3 heterocycles. The zero-order valence-electron chi connectivity index (χ0n) is 14.2. The number of aromatic nitrogens is 1. The predicted molar refractivity (Wildman–Crippen MR) is 88.8 cm³/mol. The molecule has 1 saturated heterocycles. The summed E-state index contributed by atoms with van der Waals surface area (Å²) in [5, 5.41) is 6.61. The van der Waals surface area contributed by atoms with E-state index in [1.165, 1.54) is 6.26 Å². The van der Waals surface area contributed by atoms with Crippen molar-refractivity contribution in [2.24, 2.45) is 0 Å². The number of amides is 2. The molecule has 0 aromatic carbocycles. The van der Waals surface area contributed by atoms with Crippen LogP contribution in [-0.4, -0.2) is 59.5 Å². The number of carbonyl (C=O) groups excluding carboxylic acids is 2. The van der Waals surface area contributed by atoms with Gasteiger partial charge in [0.2, 0.25) is 5.91 Å². The maximum absolute atomic E-state index is 12.3. The Morgan fingerprint density at radius 3 is 2.88 bits per heavy atom. The molecule has 1 aliphatic rings. The lowest BCUT2D eigenvalue weighted by Crippen LogP contribution is -2.41. The highest BCUT2D eigenvalue weighted by Gasteiger charge is 2.20. The number of hydrogen-bond acceptors (Lipinski definition) is 6. The van der Waals surface area contributed by atoms with Gasteiger partial charge >= 0.3 is 0 Å². The molecule has 0 radical (unpaired) electrons. The minimum atomic E-state index is -0.379. The summed E-state index contributed by atoms with van der Waals surface area (Å²) in [5.74, 6) is 0.543. The molecule has 8 heteroatoms. The molecule has 3 rings (SSSR count). The fraction of sp³-hybridized carbons (Fsp3) is 0.471. The van der Waals surface area contributed by atoms with E-state index < -0.39 is 0 Å². The van der Waals surface area contributed by atoms with E-state index in [0.29, 0.717) is 19.6 Å². The molecule has 8 nitrogen and oxygen atoms in total. The number of rotatable bonds is 5. The molecule has 0 atom stereocenters. The van der Waals surface area contributed by atoms with Gasteiger partial charge in [-0.05, 0) is 25.5 Å². The van der Waals surface area contributed by atoms with Crippen molar-refractivity contribution in [2.75, 3.05) is 32.7 Å². The van der Waals surface area contributed by atoms with E-state index >= 15 is 0 Å². The van der Waals surface area contributed by atoms with Crippen LogP contribution in [0.3, 0.4) is 0 Å². The van der Waals surface area contributed by atoms with Crippen LogP contribution in [0.5, 0.6) is 0 Å². The van der Waals surface area contributed by atoms with Crippen LogP contribution in [0, 0.1) is 6.92 Å². The number of furan rings is 1. The Morgan fingerprint density at radius 2 is 2.16 bits per heavy atom. The average Bonchev–Trinajstić information content (AvgIpc) is 3.21. The lowest BCUT2D eigenvalue weighted by molar-refractivity contribution is -0.130. The van der Waals surface area contributed by atoms with Crippen LogP contribution in [0.2, 0.25) is 0 Å². The number of aryl methyl sites for hydroxylation is 1. The summed E-state index contributed by atoms with van der Waals surface area (Å²) >= 11 is 0. The first kappa shape index (κ1) is 17.2. The van der Waals surface area contributed by atoms with E-state index in [1.807, 2.05) is 13.0 Å². The van der Waals surface area contributed by atoms with Crippen molar-refractivity contribution in [3.63, 3.8) is 0 Å². The van der Waals surface area contributed by atoms with E-state index in [2.05, 4.69) is 15.4 Å². The highest BCUT2D eigenvalue weighted by molar-refractivity contribution is 5.94. The highest BCUT2D eigenvalue weighted by atomic mass is 16.5. The van der Waals surface area contributed by atoms with Gasteiger partial charge in [0.05, 0.1) is 18.5 Å². The van der Waals surface area contributed by atoms with E-state index in [0.717, 1.165) is 31.0 Å². The van der Waals surface area contributed by atoms with Crippen LogP contribution < -0.4 is 5.32 Å². The van der Waals surface area contributed by atoms with Crippen LogP contribution in [0.4, 0.5) is 0 Å². The molecule has 134 valence electrons. The first-order valence-corrected chi connectivity index (χ1v) is 8.36. The molecule has 2 amide bonds. The Balaban J connectivity index is 1.45. The Kier molecular flexibility index (Phi) is 5.49. The summed E-state index contributed by atoms with van der Waals surface area (Å²) in [5.41, 5.74) is 0.906. The van der Waals surface area contributed by atoms with Gasteiger partial charge in [-0.2, -0.15) is 0 Å². The SMILES string of the molecule is Cc1cc(CN2CCCN(C(=O)CNC(=O)c3ccco3)CC2)no1. The summed E-state index contributed by atoms with van der Waals surface area (Å²) in [6, 6.07) is 5.13. The van der Waals surface area contributed by atoms with E-state index in [-0.39, 0.29) is 24.1 Å². The maximum Gasteiger partial charge on any atom is 0.287 e. The Bertz CT molecular complexity index is 710. The van der Waals surface area contributed by atoms with Crippen LogP contribution in [0.25, 0.3) is 0 Å². The van der Waals surface area contributed by atoms with Gasteiger partial charge in [-0.1, -0.05) is 5.16 Å². The van der Waals surface area contributed by atoms with Gasteiger partial charge < -0.3 is 19.2 Å². The van der Waals surface area contributed by atoms with Crippen LogP contribution in [-0.2, 0) is 11.3 Å². The van der Waals surface area contributed by atoms with Gasteiger partial charge in [0.25, 0.3) is 5.91 Å². The zero-order chi connectivity index (χ0) is 17.6. The fourth-order valence-corrected chi connectivity index (χ4v) is 2.86. The smallest absolute Gasteiger partial charge is 0.287 e. The van der Waals surface area contributed by atoms with Crippen molar-refractivity contribution in [1.82, 2.24) is 20.3 Å². The molecule has 0 bridgehead atoms. The average molecular weight is 346 g/mol. The molecule has 2 aromatic heterocycles. The molecule has 0 aliphatic carbocycles. The standard InChI is InChI=1S/C17H22N4O4/c1-13-10-14(19-25-13)12-20-5-3-6-21(8-7-20)16(22)11-18-17(23)15-4-2-9-24-15/h2,4,9-10H,3,5-8,11-12H2,1H3,(H,18,23). The van der Waals surface area contributed by atoms with Crippen molar-refractivity contribution < 1.29 is 18.5 Å². The molecule has 1 aliphatic heterocycles. The van der Waals surface area contributed by atoms with Gasteiger partial charge in [0.1, 0.15) is 5.76 Å². The van der Waals surface area contributed by atoms with Gasteiger partial charge in [-0.3, -0.25) is 14.5 Å². The first-order valence-electron chi connectivity index (χ1n) is 8.36. The number of hydrogen-bond donors (Lipinski definition) is 1. The fourth-order valence-electron chi connectivity index (χ4n) is 2.86. The van der Waals surface area contributed by atoms with Crippen LogP contribution >= 0.6 is 0 Å². The molecule has 1 fully saturated rings. The molecule has 0 saturated carbocycles. The second-order valence-electron chi connectivity index (χ2n) is 6.10. The van der Waals surface area contributed by atoms with Crippen LogP contribution in [0.1, 0.15) is 28.4 Å². The van der Waals surface area contributed by atoms with Crippen LogP contribution in [0.15, 0.2) is 33.4 Å². The van der Waals surface area contributed by atoms with E-state index in [9.17, 15) is 9.59 Å². The largest absolute Gasteiger partial charge is 0.459 e. The summed E-state index contributed by atoms with van der Waals surface area (Å²) in [6.45, 7) is 5.54. The van der Waals surface area contributed by atoms with E-state index in [1.54, 1.807) is 17.0 Å². The maximum atomic E-state index is 12.3. The molecular formula is C17H22N4O4. The molecule has 1 N–H and O–H groups in total.